The monoisotopic (exact) mass is 275 g/mol. The van der Waals surface area contributed by atoms with E-state index in [0.29, 0.717) is 10.7 Å². The predicted molar refractivity (Wildman–Crippen MR) is 76.7 cm³/mol. The number of amides is 1. The van der Waals surface area contributed by atoms with Crippen molar-refractivity contribution in [2.45, 2.75) is 6.42 Å². The molecule has 0 aliphatic heterocycles. The molecule has 3 nitrogen and oxygen atoms in total. The molecule has 0 saturated carbocycles. The smallest absolute Gasteiger partial charge is 0.231 e. The molecule has 0 heterocycles. The molecule has 0 radical (unpaired) electrons. The third kappa shape index (κ3) is 3.48. The molecule has 0 aromatic heterocycles. The van der Waals surface area contributed by atoms with Crippen LogP contribution in [0, 0.1) is 0 Å². The zero-order valence-electron chi connectivity index (χ0n) is 10.5. The minimum absolute atomic E-state index is 0.0622. The van der Waals surface area contributed by atoms with Crippen LogP contribution < -0.4 is 4.90 Å². The number of nitrogens with zero attached hydrogens (tertiary/aromatic N) is 1. The Morgan fingerprint density at radius 3 is 2.63 bits per heavy atom. The van der Waals surface area contributed by atoms with Crippen LogP contribution in [0.1, 0.15) is 5.56 Å². The number of halogens is 1. The molecule has 0 saturated heterocycles. The molecule has 1 N–H and O–H groups in total. The van der Waals surface area contributed by atoms with Crippen LogP contribution in [0.15, 0.2) is 48.5 Å². The average Bonchev–Trinajstić information content (AvgIpc) is 2.38. The molecule has 0 bridgehead atoms. The van der Waals surface area contributed by atoms with Gasteiger partial charge in [0, 0.05) is 23.8 Å². The van der Waals surface area contributed by atoms with Gasteiger partial charge in [-0.05, 0) is 29.8 Å². The highest BCUT2D eigenvalue weighted by Crippen LogP contribution is 2.20. The lowest BCUT2D eigenvalue weighted by molar-refractivity contribution is -0.117. The highest BCUT2D eigenvalue weighted by Gasteiger charge is 2.12. The summed E-state index contributed by atoms with van der Waals surface area (Å²) in [5.41, 5.74) is 1.52. The topological polar surface area (TPSA) is 40.5 Å². The number of rotatable bonds is 3. The summed E-state index contributed by atoms with van der Waals surface area (Å²) in [6, 6.07) is 13.8. The Morgan fingerprint density at radius 1 is 1.21 bits per heavy atom. The van der Waals surface area contributed by atoms with Gasteiger partial charge in [-0.15, -0.1) is 0 Å². The molecule has 0 unspecified atom stereocenters. The van der Waals surface area contributed by atoms with E-state index >= 15 is 0 Å². The molecule has 0 aliphatic carbocycles. The van der Waals surface area contributed by atoms with Gasteiger partial charge in [0.05, 0.1) is 6.42 Å². The summed E-state index contributed by atoms with van der Waals surface area (Å²) < 4.78 is 0. The maximum Gasteiger partial charge on any atom is 0.231 e. The number of phenolic OH excluding ortho intramolecular Hbond substituents is 1. The lowest BCUT2D eigenvalue weighted by atomic mass is 10.1. The van der Waals surface area contributed by atoms with Crippen LogP contribution in [0.4, 0.5) is 5.69 Å². The molecule has 1 amide bonds. The van der Waals surface area contributed by atoms with Crippen molar-refractivity contribution in [3.8, 4) is 5.75 Å². The molecule has 0 atom stereocenters. The Labute approximate surface area is 117 Å². The van der Waals surface area contributed by atoms with E-state index in [4.69, 9.17) is 11.6 Å². The summed E-state index contributed by atoms with van der Waals surface area (Å²) in [7, 11) is 1.68. The second-order valence-electron chi connectivity index (χ2n) is 4.28. The highest BCUT2D eigenvalue weighted by atomic mass is 35.5. The summed E-state index contributed by atoms with van der Waals surface area (Å²) >= 11 is 5.89. The lowest BCUT2D eigenvalue weighted by Crippen LogP contribution is -2.27. The Hall–Kier alpha value is -2.00. The van der Waals surface area contributed by atoms with Crippen molar-refractivity contribution in [2.75, 3.05) is 11.9 Å². The summed E-state index contributed by atoms with van der Waals surface area (Å²) in [6.07, 6.45) is 0.271. The number of phenols is 1. The number of hydrogen-bond donors (Lipinski definition) is 1. The van der Waals surface area contributed by atoms with E-state index in [1.807, 2.05) is 12.1 Å². The Morgan fingerprint density at radius 2 is 1.95 bits per heavy atom. The fourth-order valence-corrected chi connectivity index (χ4v) is 2.00. The number of anilines is 1. The van der Waals surface area contributed by atoms with Crippen molar-refractivity contribution in [1.82, 2.24) is 0 Å². The van der Waals surface area contributed by atoms with Crippen LogP contribution in [0.2, 0.25) is 5.02 Å². The molecule has 2 rings (SSSR count). The van der Waals surface area contributed by atoms with Crippen molar-refractivity contribution < 1.29 is 9.90 Å². The minimum Gasteiger partial charge on any atom is -0.508 e. The van der Waals surface area contributed by atoms with E-state index in [1.165, 1.54) is 4.90 Å². The quantitative estimate of drug-likeness (QED) is 0.934. The Balaban J connectivity index is 2.12. The SMILES string of the molecule is CN(C(=O)Cc1cccc(Cl)c1)c1cccc(O)c1. The van der Waals surface area contributed by atoms with Crippen LogP contribution in [0.5, 0.6) is 5.75 Å². The van der Waals surface area contributed by atoms with E-state index in [9.17, 15) is 9.90 Å². The molecule has 19 heavy (non-hydrogen) atoms. The molecule has 2 aromatic carbocycles. The Kier molecular flexibility index (Phi) is 4.07. The highest BCUT2D eigenvalue weighted by molar-refractivity contribution is 6.30. The first kappa shape index (κ1) is 13.4. The second kappa shape index (κ2) is 5.76. The number of likely N-dealkylation sites (N-methyl/N-ethyl adjacent to an activating group) is 1. The van der Waals surface area contributed by atoms with E-state index in [2.05, 4.69) is 0 Å². The first-order valence-electron chi connectivity index (χ1n) is 5.86. The van der Waals surface area contributed by atoms with Gasteiger partial charge in [-0.25, -0.2) is 0 Å². The van der Waals surface area contributed by atoms with Crippen molar-refractivity contribution in [3.05, 3.63) is 59.1 Å². The molecule has 2 aromatic rings. The van der Waals surface area contributed by atoms with Gasteiger partial charge in [-0.2, -0.15) is 0 Å². The van der Waals surface area contributed by atoms with Gasteiger partial charge in [0.15, 0.2) is 0 Å². The van der Waals surface area contributed by atoms with E-state index in [0.717, 1.165) is 5.56 Å². The molecule has 4 heteroatoms. The van der Waals surface area contributed by atoms with E-state index < -0.39 is 0 Å². The molecule has 0 spiro atoms. The molecular weight excluding hydrogens is 262 g/mol. The maximum absolute atomic E-state index is 12.1. The van der Waals surface area contributed by atoms with Gasteiger partial charge in [0.2, 0.25) is 5.91 Å². The van der Waals surface area contributed by atoms with Crippen LogP contribution in [-0.2, 0) is 11.2 Å². The summed E-state index contributed by atoms with van der Waals surface area (Å²) in [5, 5.41) is 10.0. The molecular formula is C15H14ClNO2. The standard InChI is InChI=1S/C15H14ClNO2/c1-17(13-6-3-7-14(18)10-13)15(19)9-11-4-2-5-12(16)8-11/h2-8,10,18H,9H2,1H3. The minimum atomic E-state index is -0.0622. The van der Waals surface area contributed by atoms with Gasteiger partial charge in [0.1, 0.15) is 5.75 Å². The van der Waals surface area contributed by atoms with Gasteiger partial charge < -0.3 is 10.0 Å². The fourth-order valence-electron chi connectivity index (χ4n) is 1.79. The number of hydrogen-bond acceptors (Lipinski definition) is 2. The Bertz CT molecular complexity index is 598. The van der Waals surface area contributed by atoms with Crippen molar-refractivity contribution in [2.24, 2.45) is 0 Å². The molecule has 0 aliphatic rings. The van der Waals surface area contributed by atoms with Crippen LogP contribution >= 0.6 is 11.6 Å². The van der Waals surface area contributed by atoms with E-state index in [1.54, 1.807) is 43.4 Å². The van der Waals surface area contributed by atoms with Gasteiger partial charge in [0.25, 0.3) is 0 Å². The van der Waals surface area contributed by atoms with Crippen LogP contribution in [-0.4, -0.2) is 18.1 Å². The number of benzene rings is 2. The first-order valence-corrected chi connectivity index (χ1v) is 6.24. The lowest BCUT2D eigenvalue weighted by Gasteiger charge is -2.17. The zero-order chi connectivity index (χ0) is 13.8. The van der Waals surface area contributed by atoms with Crippen LogP contribution in [0.3, 0.4) is 0 Å². The van der Waals surface area contributed by atoms with Crippen molar-refractivity contribution in [3.63, 3.8) is 0 Å². The third-order valence-corrected chi connectivity index (χ3v) is 3.07. The summed E-state index contributed by atoms with van der Waals surface area (Å²) in [4.78, 5) is 13.7. The molecule has 98 valence electrons. The predicted octanol–water partition coefficient (Wildman–Crippen LogP) is 3.25. The number of aromatic hydroxyl groups is 1. The second-order valence-corrected chi connectivity index (χ2v) is 4.72. The van der Waals surface area contributed by atoms with Gasteiger partial charge in [-0.1, -0.05) is 29.8 Å². The number of carbonyl (C=O) groups excluding carboxylic acids is 1. The van der Waals surface area contributed by atoms with Crippen LogP contribution in [0.25, 0.3) is 0 Å². The summed E-state index contributed by atoms with van der Waals surface area (Å²) in [5.74, 6) is 0.0766. The van der Waals surface area contributed by atoms with Gasteiger partial charge in [-0.3, -0.25) is 4.79 Å². The first-order chi connectivity index (χ1) is 9.06. The summed E-state index contributed by atoms with van der Waals surface area (Å²) in [6.45, 7) is 0. The normalized spacial score (nSPS) is 10.2. The third-order valence-electron chi connectivity index (χ3n) is 2.84. The van der Waals surface area contributed by atoms with Crippen molar-refractivity contribution >= 4 is 23.2 Å². The number of carbonyl (C=O) groups is 1. The van der Waals surface area contributed by atoms with E-state index in [-0.39, 0.29) is 18.1 Å². The fraction of sp³-hybridized carbons (Fsp3) is 0.133. The zero-order valence-corrected chi connectivity index (χ0v) is 11.3. The largest absolute Gasteiger partial charge is 0.508 e. The average molecular weight is 276 g/mol. The van der Waals surface area contributed by atoms with Crippen molar-refractivity contribution in [1.29, 1.82) is 0 Å². The van der Waals surface area contributed by atoms with Gasteiger partial charge >= 0.3 is 0 Å². The maximum atomic E-state index is 12.1. The molecule has 0 fully saturated rings.